The largest absolute Gasteiger partial charge is 0.354 e. The van der Waals surface area contributed by atoms with E-state index in [9.17, 15) is 4.79 Å². The Morgan fingerprint density at radius 3 is 2.76 bits per heavy atom. The van der Waals surface area contributed by atoms with Crippen LogP contribution in [0.2, 0.25) is 0 Å². The van der Waals surface area contributed by atoms with Gasteiger partial charge in [0.15, 0.2) is 0 Å². The summed E-state index contributed by atoms with van der Waals surface area (Å²) in [7, 11) is 4.12. The van der Waals surface area contributed by atoms with Gasteiger partial charge in [-0.05, 0) is 19.5 Å². The molecule has 17 heavy (non-hydrogen) atoms. The van der Waals surface area contributed by atoms with E-state index in [1.165, 1.54) is 0 Å². The number of hydrogen-bond donors (Lipinski definition) is 2. The molecule has 0 aliphatic carbocycles. The Hall–Kier alpha value is -0.260. The van der Waals surface area contributed by atoms with Gasteiger partial charge in [0.1, 0.15) is 0 Å². The Balaban J connectivity index is 2.31. The van der Waals surface area contributed by atoms with Gasteiger partial charge in [-0.1, -0.05) is 13.8 Å². The third-order valence-electron chi connectivity index (χ3n) is 2.72. The zero-order valence-corrected chi connectivity index (χ0v) is 12.2. The summed E-state index contributed by atoms with van der Waals surface area (Å²) >= 11 is 1.84. The van der Waals surface area contributed by atoms with Crippen molar-refractivity contribution in [3.63, 3.8) is 0 Å². The van der Waals surface area contributed by atoms with Gasteiger partial charge in [-0.2, -0.15) is 11.8 Å². The molecule has 2 N–H and O–H groups in total. The predicted molar refractivity (Wildman–Crippen MR) is 74.5 cm³/mol. The van der Waals surface area contributed by atoms with Crippen molar-refractivity contribution in [3.8, 4) is 0 Å². The summed E-state index contributed by atoms with van der Waals surface area (Å²) in [4.78, 5) is 14.1. The lowest BCUT2D eigenvalue weighted by Crippen LogP contribution is -2.51. The molecule has 0 aromatic carbocycles. The standard InChI is InChI=1S/C12H25N3OS/c1-12(2,9-15(3)4)8-14-11(16)10-7-17-6-5-13-10/h10,13H,5-9H2,1-4H3,(H,14,16). The minimum absolute atomic E-state index is 0.0103. The minimum Gasteiger partial charge on any atom is -0.354 e. The van der Waals surface area contributed by atoms with E-state index in [0.717, 1.165) is 31.1 Å². The van der Waals surface area contributed by atoms with Gasteiger partial charge >= 0.3 is 0 Å². The minimum atomic E-state index is -0.0103. The molecule has 1 aliphatic rings. The summed E-state index contributed by atoms with van der Waals surface area (Å²) in [6.07, 6.45) is 0. The molecule has 0 bridgehead atoms. The molecule has 4 nitrogen and oxygen atoms in total. The molecule has 1 aliphatic heterocycles. The molecule has 0 aromatic rings. The molecule has 100 valence electrons. The van der Waals surface area contributed by atoms with Crippen molar-refractivity contribution in [3.05, 3.63) is 0 Å². The van der Waals surface area contributed by atoms with Gasteiger partial charge in [0, 0.05) is 31.1 Å². The summed E-state index contributed by atoms with van der Waals surface area (Å²) in [5.74, 6) is 2.14. The third-order valence-corrected chi connectivity index (χ3v) is 3.79. The zero-order chi connectivity index (χ0) is 12.9. The summed E-state index contributed by atoms with van der Waals surface area (Å²) in [6, 6.07) is -0.0103. The van der Waals surface area contributed by atoms with E-state index in [1.807, 2.05) is 11.8 Å². The number of thioether (sulfide) groups is 1. The average Bonchev–Trinajstić information content (AvgIpc) is 2.25. The van der Waals surface area contributed by atoms with Crippen LogP contribution in [0.5, 0.6) is 0 Å². The van der Waals surface area contributed by atoms with Crippen LogP contribution in [-0.2, 0) is 4.79 Å². The highest BCUT2D eigenvalue weighted by atomic mass is 32.2. The van der Waals surface area contributed by atoms with Crippen molar-refractivity contribution in [2.75, 3.05) is 45.2 Å². The Morgan fingerprint density at radius 2 is 2.24 bits per heavy atom. The molecular formula is C12H25N3OS. The van der Waals surface area contributed by atoms with Gasteiger partial charge in [0.05, 0.1) is 6.04 Å². The lowest BCUT2D eigenvalue weighted by atomic mass is 9.93. The molecular weight excluding hydrogens is 234 g/mol. The summed E-state index contributed by atoms with van der Waals surface area (Å²) in [6.45, 7) is 6.99. The van der Waals surface area contributed by atoms with Gasteiger partial charge in [0.2, 0.25) is 5.91 Å². The SMILES string of the molecule is CN(C)CC(C)(C)CNC(=O)C1CSCCN1. The van der Waals surface area contributed by atoms with Crippen LogP contribution in [-0.4, -0.2) is 62.1 Å². The number of hydrogen-bond acceptors (Lipinski definition) is 4. The van der Waals surface area contributed by atoms with Crippen LogP contribution in [0.1, 0.15) is 13.8 Å². The molecule has 5 heteroatoms. The fraction of sp³-hybridized carbons (Fsp3) is 0.917. The third kappa shape index (κ3) is 5.75. The molecule has 1 atom stereocenters. The van der Waals surface area contributed by atoms with Gasteiger partial charge in [-0.15, -0.1) is 0 Å². The van der Waals surface area contributed by atoms with Crippen molar-refractivity contribution < 1.29 is 4.79 Å². The van der Waals surface area contributed by atoms with Crippen LogP contribution < -0.4 is 10.6 Å². The maximum absolute atomic E-state index is 11.9. The quantitative estimate of drug-likeness (QED) is 0.750. The zero-order valence-electron chi connectivity index (χ0n) is 11.4. The number of rotatable bonds is 5. The topological polar surface area (TPSA) is 44.4 Å². The normalized spacial score (nSPS) is 21.6. The molecule has 1 saturated heterocycles. The number of nitrogens with zero attached hydrogens (tertiary/aromatic N) is 1. The lowest BCUT2D eigenvalue weighted by Gasteiger charge is -2.30. The highest BCUT2D eigenvalue weighted by Crippen LogP contribution is 2.14. The highest BCUT2D eigenvalue weighted by molar-refractivity contribution is 7.99. The van der Waals surface area contributed by atoms with Crippen molar-refractivity contribution in [2.24, 2.45) is 5.41 Å². The van der Waals surface area contributed by atoms with E-state index < -0.39 is 0 Å². The van der Waals surface area contributed by atoms with Crippen LogP contribution in [0, 0.1) is 5.41 Å². The van der Waals surface area contributed by atoms with Gasteiger partial charge in [0.25, 0.3) is 0 Å². The number of carbonyl (C=O) groups is 1. The van der Waals surface area contributed by atoms with E-state index in [0.29, 0.717) is 0 Å². The predicted octanol–water partition coefficient (Wildman–Crippen LogP) is 0.395. The van der Waals surface area contributed by atoms with E-state index in [2.05, 4.69) is 43.5 Å². The fourth-order valence-electron chi connectivity index (χ4n) is 2.10. The monoisotopic (exact) mass is 259 g/mol. The Kier molecular flexibility index (Phi) is 5.76. The first-order chi connectivity index (χ1) is 7.91. The summed E-state index contributed by atoms with van der Waals surface area (Å²) < 4.78 is 0. The van der Waals surface area contributed by atoms with Crippen LogP contribution in [0.25, 0.3) is 0 Å². The molecule has 1 unspecified atom stereocenters. The molecule has 0 aromatic heterocycles. The first kappa shape index (κ1) is 14.8. The van der Waals surface area contributed by atoms with Gasteiger partial charge in [-0.25, -0.2) is 0 Å². The second kappa shape index (κ2) is 6.61. The Bertz CT molecular complexity index is 250. The summed E-state index contributed by atoms with van der Waals surface area (Å²) in [5.41, 5.74) is 0.112. The van der Waals surface area contributed by atoms with Gasteiger partial charge < -0.3 is 15.5 Å². The second-order valence-corrected chi connectivity index (χ2v) is 6.85. The Morgan fingerprint density at radius 1 is 1.53 bits per heavy atom. The van der Waals surface area contributed by atoms with Crippen molar-refractivity contribution >= 4 is 17.7 Å². The van der Waals surface area contributed by atoms with E-state index >= 15 is 0 Å². The maximum Gasteiger partial charge on any atom is 0.238 e. The molecule has 0 spiro atoms. The first-order valence-corrected chi connectivity index (χ1v) is 7.30. The molecule has 0 radical (unpaired) electrons. The molecule has 0 saturated carbocycles. The van der Waals surface area contributed by atoms with Crippen LogP contribution in [0.4, 0.5) is 0 Å². The number of amides is 1. The van der Waals surface area contributed by atoms with E-state index in [-0.39, 0.29) is 17.4 Å². The Labute approximate surface area is 109 Å². The smallest absolute Gasteiger partial charge is 0.238 e. The molecule has 1 rings (SSSR count). The fourth-order valence-corrected chi connectivity index (χ4v) is 3.03. The molecule has 1 heterocycles. The van der Waals surface area contributed by atoms with Crippen LogP contribution >= 0.6 is 11.8 Å². The van der Waals surface area contributed by atoms with Crippen LogP contribution in [0.3, 0.4) is 0 Å². The summed E-state index contributed by atoms with van der Waals surface area (Å²) in [5, 5.41) is 6.31. The highest BCUT2D eigenvalue weighted by Gasteiger charge is 2.24. The average molecular weight is 259 g/mol. The number of nitrogens with one attached hydrogen (secondary N) is 2. The lowest BCUT2D eigenvalue weighted by molar-refractivity contribution is -0.123. The van der Waals surface area contributed by atoms with Crippen molar-refractivity contribution in [1.82, 2.24) is 15.5 Å². The van der Waals surface area contributed by atoms with Crippen molar-refractivity contribution in [1.29, 1.82) is 0 Å². The first-order valence-electron chi connectivity index (χ1n) is 6.14. The van der Waals surface area contributed by atoms with Gasteiger partial charge in [-0.3, -0.25) is 4.79 Å². The molecule has 1 amide bonds. The van der Waals surface area contributed by atoms with E-state index in [4.69, 9.17) is 0 Å². The molecule has 1 fully saturated rings. The van der Waals surface area contributed by atoms with E-state index in [1.54, 1.807) is 0 Å². The van der Waals surface area contributed by atoms with Crippen molar-refractivity contribution in [2.45, 2.75) is 19.9 Å². The number of carbonyl (C=O) groups excluding carboxylic acids is 1. The second-order valence-electron chi connectivity index (χ2n) is 5.70. The maximum atomic E-state index is 11.9. The van der Waals surface area contributed by atoms with Crippen LogP contribution in [0.15, 0.2) is 0 Å².